The smallest absolute Gasteiger partial charge is 0.466 e. The van der Waals surface area contributed by atoms with Crippen LogP contribution in [0.1, 0.15) is 40.8 Å². The molecule has 2 aliphatic heterocycles. The van der Waals surface area contributed by atoms with Gasteiger partial charge in [0, 0.05) is 29.4 Å². The van der Waals surface area contributed by atoms with Crippen LogP contribution in [0.2, 0.25) is 0 Å². The van der Waals surface area contributed by atoms with Crippen LogP contribution >= 0.6 is 0 Å². The fourth-order valence-corrected chi connectivity index (χ4v) is 5.73. The summed E-state index contributed by atoms with van der Waals surface area (Å²) in [4.78, 5) is 13.7. The van der Waals surface area contributed by atoms with Crippen molar-refractivity contribution in [3.63, 3.8) is 0 Å². The second-order valence-electron chi connectivity index (χ2n) is 9.18. The van der Waals surface area contributed by atoms with E-state index in [2.05, 4.69) is 13.8 Å². The van der Waals surface area contributed by atoms with Crippen LogP contribution in [0.25, 0.3) is 17.2 Å². The number of anilines is 1. The van der Waals surface area contributed by atoms with Gasteiger partial charge in [0.25, 0.3) is 0 Å². The van der Waals surface area contributed by atoms with Crippen LogP contribution in [0.3, 0.4) is 0 Å². The summed E-state index contributed by atoms with van der Waals surface area (Å²) < 4.78 is 86.5. The van der Waals surface area contributed by atoms with Gasteiger partial charge in [-0.15, -0.1) is 0 Å². The van der Waals surface area contributed by atoms with Crippen molar-refractivity contribution in [2.24, 2.45) is 0 Å². The molecule has 6 nitrogen and oxygen atoms in total. The van der Waals surface area contributed by atoms with E-state index < -0.39 is 39.2 Å². The van der Waals surface area contributed by atoms with Crippen LogP contribution in [0.4, 0.5) is 23.2 Å². The normalized spacial score (nSPS) is 16.3. The Morgan fingerprint density at radius 2 is 1.90 bits per heavy atom. The predicted molar refractivity (Wildman–Crippen MR) is 137 cm³/mol. The van der Waals surface area contributed by atoms with Crippen LogP contribution in [0.5, 0.6) is 5.75 Å². The minimum absolute atomic E-state index is 0.378. The summed E-state index contributed by atoms with van der Waals surface area (Å²) in [6, 6.07) is 12.2. The molecule has 0 aliphatic carbocycles. The largest absolute Gasteiger partial charge is 0.534 e. The van der Waals surface area contributed by atoms with Crippen LogP contribution in [-0.4, -0.2) is 33.5 Å². The number of benzene rings is 3. The molecular weight excluding hydrogens is 538 g/mol. The maximum Gasteiger partial charge on any atom is 0.534 e. The van der Waals surface area contributed by atoms with E-state index in [1.807, 2.05) is 25.1 Å². The van der Waals surface area contributed by atoms with E-state index in [1.165, 1.54) is 37.5 Å². The monoisotopic (exact) mass is 561 g/mol. The lowest BCUT2D eigenvalue weighted by atomic mass is 9.78. The van der Waals surface area contributed by atoms with E-state index in [9.17, 15) is 26.4 Å². The SMILES string of the molecule is CCc1cccc2c1N1CCc3cc(OS(=O)(=O)C(F)(F)F)ccc3C1c1c(F)cc(/C=C/C(=O)OC)cc1-2. The molecule has 0 amide bonds. The molecule has 0 spiro atoms. The highest BCUT2D eigenvalue weighted by Crippen LogP contribution is 2.52. The second kappa shape index (κ2) is 9.71. The quantitative estimate of drug-likeness (QED) is 0.126. The number of nitrogens with zero attached hydrogens (tertiary/aromatic N) is 1. The van der Waals surface area contributed by atoms with Gasteiger partial charge in [-0.25, -0.2) is 9.18 Å². The molecule has 0 bridgehead atoms. The van der Waals surface area contributed by atoms with Gasteiger partial charge >= 0.3 is 21.6 Å². The highest BCUT2D eigenvalue weighted by molar-refractivity contribution is 7.88. The van der Waals surface area contributed by atoms with Crippen LogP contribution in [0.15, 0.2) is 54.6 Å². The number of methoxy groups -OCH3 is 1. The van der Waals surface area contributed by atoms with Crippen molar-refractivity contribution in [2.45, 2.75) is 31.3 Å². The zero-order chi connectivity index (χ0) is 28.1. The van der Waals surface area contributed by atoms with Gasteiger partial charge in [0.1, 0.15) is 11.6 Å². The molecule has 1 unspecified atom stereocenters. The number of fused-ring (bicyclic) bond motifs is 8. The fraction of sp³-hybridized carbons (Fsp3) is 0.250. The molecule has 0 radical (unpaired) electrons. The van der Waals surface area contributed by atoms with Gasteiger partial charge in [0.05, 0.1) is 13.2 Å². The number of para-hydroxylation sites is 1. The topological polar surface area (TPSA) is 72.9 Å². The first kappa shape index (κ1) is 26.7. The number of carbonyl (C=O) groups excluding carboxylic acids is 1. The molecule has 0 aromatic heterocycles. The lowest BCUT2D eigenvalue weighted by Gasteiger charge is -2.45. The Labute approximate surface area is 222 Å². The van der Waals surface area contributed by atoms with Gasteiger partial charge < -0.3 is 13.8 Å². The van der Waals surface area contributed by atoms with Gasteiger partial charge in [-0.2, -0.15) is 21.6 Å². The number of rotatable bonds is 5. The molecule has 2 heterocycles. The average molecular weight is 562 g/mol. The average Bonchev–Trinajstić information content (AvgIpc) is 2.89. The molecule has 3 aromatic carbocycles. The first-order valence-electron chi connectivity index (χ1n) is 12.1. The van der Waals surface area contributed by atoms with Crippen molar-refractivity contribution in [1.29, 1.82) is 0 Å². The maximum atomic E-state index is 15.9. The molecule has 5 rings (SSSR count). The number of halogens is 4. The summed E-state index contributed by atoms with van der Waals surface area (Å²) in [5.41, 5.74) is -0.123. The van der Waals surface area contributed by atoms with Gasteiger partial charge in [0.15, 0.2) is 0 Å². The molecule has 0 saturated carbocycles. The number of carbonyl (C=O) groups is 1. The summed E-state index contributed by atoms with van der Waals surface area (Å²) in [7, 11) is -4.59. The third kappa shape index (κ3) is 4.64. The fourth-order valence-electron chi connectivity index (χ4n) is 5.28. The summed E-state index contributed by atoms with van der Waals surface area (Å²) >= 11 is 0. The van der Waals surface area contributed by atoms with Gasteiger partial charge in [-0.3, -0.25) is 0 Å². The lowest BCUT2D eigenvalue weighted by Crippen LogP contribution is -2.40. The van der Waals surface area contributed by atoms with Gasteiger partial charge in [0.2, 0.25) is 0 Å². The summed E-state index contributed by atoms with van der Waals surface area (Å²) in [6.07, 6.45) is 3.75. The van der Waals surface area contributed by atoms with E-state index in [1.54, 1.807) is 6.07 Å². The zero-order valence-corrected chi connectivity index (χ0v) is 21.7. The van der Waals surface area contributed by atoms with Crippen LogP contribution in [-0.2, 0) is 32.5 Å². The lowest BCUT2D eigenvalue weighted by molar-refractivity contribution is -0.134. The molecule has 2 aliphatic rings. The second-order valence-corrected chi connectivity index (χ2v) is 10.7. The summed E-state index contributed by atoms with van der Waals surface area (Å²) in [6.45, 7) is 2.43. The predicted octanol–water partition coefficient (Wildman–Crippen LogP) is 5.94. The van der Waals surface area contributed by atoms with E-state index in [-0.39, 0.29) is 0 Å². The maximum absolute atomic E-state index is 15.9. The summed E-state index contributed by atoms with van der Waals surface area (Å²) in [5.74, 6) is -1.57. The molecule has 0 saturated heterocycles. The molecule has 1 atom stereocenters. The Balaban J connectivity index is 1.67. The Morgan fingerprint density at radius 3 is 2.59 bits per heavy atom. The van der Waals surface area contributed by atoms with Crippen LogP contribution < -0.4 is 9.08 Å². The highest BCUT2D eigenvalue weighted by Gasteiger charge is 2.48. The minimum Gasteiger partial charge on any atom is -0.466 e. The Hall–Kier alpha value is -3.86. The van der Waals surface area contributed by atoms with E-state index in [0.29, 0.717) is 47.2 Å². The Kier molecular flexibility index (Phi) is 6.66. The first-order chi connectivity index (χ1) is 18.4. The van der Waals surface area contributed by atoms with Crippen LogP contribution in [0, 0.1) is 5.82 Å². The number of esters is 1. The number of aryl methyl sites for hydroxylation is 1. The first-order valence-corrected chi connectivity index (χ1v) is 13.5. The van der Waals surface area contributed by atoms with E-state index >= 15 is 4.39 Å². The number of hydrogen-bond acceptors (Lipinski definition) is 6. The number of alkyl halides is 3. The van der Waals surface area contributed by atoms with Crippen molar-refractivity contribution < 1.29 is 39.7 Å². The molecular formula is C28H23F4NO5S. The number of ether oxygens (including phenoxy) is 1. The van der Waals surface area contributed by atoms with Crippen molar-refractivity contribution in [2.75, 3.05) is 18.6 Å². The molecule has 39 heavy (non-hydrogen) atoms. The standard InChI is InChI=1S/C28H23F4NO5S/c1-3-17-5-4-6-21-22-13-16(7-10-24(34)37-2)14-23(29)25(22)27-20-9-8-19(38-39(35,36)28(30,31)32)15-18(20)11-12-33(27)26(17)21/h4-10,13-15,27H,3,11-12H2,1-2H3/b10-7+. The zero-order valence-electron chi connectivity index (χ0n) is 20.9. The molecule has 204 valence electrons. The number of hydrogen-bond donors (Lipinski definition) is 0. The Morgan fingerprint density at radius 1 is 1.13 bits per heavy atom. The van der Waals surface area contributed by atoms with Gasteiger partial charge in [-0.1, -0.05) is 31.2 Å². The summed E-state index contributed by atoms with van der Waals surface area (Å²) in [5, 5.41) is 0. The van der Waals surface area contributed by atoms with E-state index in [4.69, 9.17) is 0 Å². The van der Waals surface area contributed by atoms with Crippen molar-refractivity contribution in [3.05, 3.63) is 88.2 Å². The van der Waals surface area contributed by atoms with Gasteiger partial charge in [-0.05, 0) is 71.0 Å². The molecule has 3 aromatic rings. The highest BCUT2D eigenvalue weighted by atomic mass is 32.2. The third-order valence-electron chi connectivity index (χ3n) is 6.95. The third-order valence-corrected chi connectivity index (χ3v) is 7.93. The van der Waals surface area contributed by atoms with E-state index in [0.717, 1.165) is 22.9 Å². The van der Waals surface area contributed by atoms with Crippen molar-refractivity contribution >= 4 is 27.9 Å². The molecule has 11 heteroatoms. The molecule has 0 fully saturated rings. The molecule has 0 N–H and O–H groups in total. The van der Waals surface area contributed by atoms with Crippen molar-refractivity contribution in [1.82, 2.24) is 0 Å². The van der Waals surface area contributed by atoms with Crippen molar-refractivity contribution in [3.8, 4) is 16.9 Å². The Bertz CT molecular complexity index is 1610. The minimum atomic E-state index is -5.83.